The summed E-state index contributed by atoms with van der Waals surface area (Å²) in [5.41, 5.74) is 2.73. The number of fused-ring (bicyclic) bond motifs is 1. The Bertz CT molecular complexity index is 1370. The van der Waals surface area contributed by atoms with E-state index in [2.05, 4.69) is 25.0 Å². The molecule has 2 aliphatic rings. The molecule has 8 nitrogen and oxygen atoms in total. The van der Waals surface area contributed by atoms with Crippen LogP contribution in [0.4, 0.5) is 19.1 Å². The molecule has 0 unspecified atom stereocenters. The molecule has 1 aliphatic carbocycles. The average molecular weight is 483 g/mol. The molecule has 35 heavy (non-hydrogen) atoms. The summed E-state index contributed by atoms with van der Waals surface area (Å²) < 4.78 is 47.1. The van der Waals surface area contributed by atoms with Gasteiger partial charge in [0.15, 0.2) is 5.65 Å². The molecule has 182 valence electrons. The SMILES string of the molecule is Cc1nc2nc(N3CCOCC3)nc(-c3ccc(F)cc3F)c2nc1C.Fc1ccnn1C1CC1. The standard InChI is InChI=1S/C18H17F2N5O.C6H7FN2/c1-10-11(2)22-17-16(21-10)15(13-4-3-12(19)9-14(13)20)23-18(24-17)25-5-7-26-8-6-25;7-6-3-4-8-9(6)5-1-2-5/h3-4,9H,5-8H2,1-2H3;3-5H,1-2H2. The van der Waals surface area contributed by atoms with Crippen LogP contribution in [0, 0.1) is 31.4 Å². The Balaban J connectivity index is 0.000000234. The van der Waals surface area contributed by atoms with E-state index in [9.17, 15) is 13.2 Å². The second-order valence-electron chi connectivity index (χ2n) is 8.49. The van der Waals surface area contributed by atoms with Crippen LogP contribution in [0.25, 0.3) is 22.4 Å². The minimum Gasteiger partial charge on any atom is -0.378 e. The lowest BCUT2D eigenvalue weighted by atomic mass is 10.1. The van der Waals surface area contributed by atoms with E-state index in [-0.39, 0.29) is 11.5 Å². The molecule has 1 saturated heterocycles. The van der Waals surface area contributed by atoms with E-state index in [4.69, 9.17) is 4.74 Å². The van der Waals surface area contributed by atoms with E-state index in [1.165, 1.54) is 29.1 Å². The number of benzene rings is 1. The number of morpholine rings is 1. The van der Waals surface area contributed by atoms with Crippen LogP contribution in [0.1, 0.15) is 30.3 Å². The third-order valence-electron chi connectivity index (χ3n) is 5.93. The first-order chi connectivity index (χ1) is 16.9. The fraction of sp³-hybridized carbons (Fsp3) is 0.375. The van der Waals surface area contributed by atoms with Gasteiger partial charge in [-0.2, -0.15) is 14.5 Å². The number of ether oxygens (including phenoxy) is 1. The monoisotopic (exact) mass is 483 g/mol. The zero-order valence-corrected chi connectivity index (χ0v) is 19.4. The Morgan fingerprint density at radius 1 is 0.914 bits per heavy atom. The summed E-state index contributed by atoms with van der Waals surface area (Å²) in [5.74, 6) is -1.11. The maximum atomic E-state index is 14.4. The molecule has 1 aromatic carbocycles. The molecule has 0 bridgehead atoms. The van der Waals surface area contributed by atoms with Crippen LogP contribution >= 0.6 is 0 Å². The van der Waals surface area contributed by atoms with Crippen LogP contribution in [0.2, 0.25) is 0 Å². The minimum atomic E-state index is -0.696. The van der Waals surface area contributed by atoms with Crippen molar-refractivity contribution in [2.75, 3.05) is 31.2 Å². The molecule has 6 rings (SSSR count). The maximum Gasteiger partial charge on any atom is 0.228 e. The Labute approximate surface area is 199 Å². The maximum absolute atomic E-state index is 14.4. The lowest BCUT2D eigenvalue weighted by molar-refractivity contribution is 0.122. The van der Waals surface area contributed by atoms with Crippen molar-refractivity contribution in [2.45, 2.75) is 32.7 Å². The van der Waals surface area contributed by atoms with Crippen LogP contribution in [-0.2, 0) is 4.74 Å². The second kappa shape index (κ2) is 9.57. The van der Waals surface area contributed by atoms with Crippen LogP contribution in [-0.4, -0.2) is 56.0 Å². The molecule has 2 fully saturated rings. The van der Waals surface area contributed by atoms with Gasteiger partial charge in [-0.15, -0.1) is 0 Å². The lowest BCUT2D eigenvalue weighted by Crippen LogP contribution is -2.37. The van der Waals surface area contributed by atoms with Gasteiger partial charge in [-0.05, 0) is 38.8 Å². The number of rotatable bonds is 3. The van der Waals surface area contributed by atoms with Gasteiger partial charge in [0.25, 0.3) is 0 Å². The van der Waals surface area contributed by atoms with Gasteiger partial charge >= 0.3 is 0 Å². The molecule has 11 heteroatoms. The Hall–Kier alpha value is -3.60. The minimum absolute atomic E-state index is 0.172. The van der Waals surface area contributed by atoms with Gasteiger partial charge in [-0.25, -0.2) is 28.4 Å². The van der Waals surface area contributed by atoms with Gasteiger partial charge in [0, 0.05) is 30.8 Å². The van der Waals surface area contributed by atoms with E-state index in [0.717, 1.165) is 24.6 Å². The summed E-state index contributed by atoms with van der Waals surface area (Å²) in [6.07, 6.45) is 3.66. The van der Waals surface area contributed by atoms with Crippen molar-refractivity contribution in [1.82, 2.24) is 29.7 Å². The molecular formula is C24H24F3N7O. The van der Waals surface area contributed by atoms with E-state index >= 15 is 0 Å². The average Bonchev–Trinajstić information content (AvgIpc) is 3.60. The first-order valence-corrected chi connectivity index (χ1v) is 11.4. The molecule has 0 N–H and O–H groups in total. The van der Waals surface area contributed by atoms with E-state index in [1.54, 1.807) is 0 Å². The number of anilines is 1. The van der Waals surface area contributed by atoms with E-state index < -0.39 is 11.6 Å². The summed E-state index contributed by atoms with van der Waals surface area (Å²) >= 11 is 0. The third-order valence-corrected chi connectivity index (χ3v) is 5.93. The highest BCUT2D eigenvalue weighted by molar-refractivity contribution is 5.88. The van der Waals surface area contributed by atoms with Crippen LogP contribution < -0.4 is 4.90 Å². The zero-order chi connectivity index (χ0) is 24.5. The second-order valence-corrected chi connectivity index (χ2v) is 8.49. The molecule has 0 atom stereocenters. The van der Waals surface area contributed by atoms with Gasteiger partial charge in [-0.1, -0.05) is 0 Å². The fourth-order valence-electron chi connectivity index (χ4n) is 3.76. The van der Waals surface area contributed by atoms with Crippen molar-refractivity contribution in [3.8, 4) is 11.3 Å². The fourth-order valence-corrected chi connectivity index (χ4v) is 3.76. The van der Waals surface area contributed by atoms with Crippen LogP contribution in [0.3, 0.4) is 0 Å². The Morgan fingerprint density at radius 2 is 1.66 bits per heavy atom. The predicted molar refractivity (Wildman–Crippen MR) is 123 cm³/mol. The highest BCUT2D eigenvalue weighted by Crippen LogP contribution is 2.34. The first kappa shape index (κ1) is 23.2. The highest BCUT2D eigenvalue weighted by atomic mass is 19.1. The van der Waals surface area contributed by atoms with Crippen molar-refractivity contribution in [3.05, 3.63) is 59.4 Å². The first-order valence-electron chi connectivity index (χ1n) is 11.4. The number of halogens is 3. The number of hydrogen-bond acceptors (Lipinski definition) is 7. The smallest absolute Gasteiger partial charge is 0.228 e. The number of nitrogens with zero attached hydrogens (tertiary/aromatic N) is 7. The van der Waals surface area contributed by atoms with Gasteiger partial charge in [-0.3, -0.25) is 0 Å². The topological polar surface area (TPSA) is 81.8 Å². The van der Waals surface area contributed by atoms with Crippen molar-refractivity contribution in [2.24, 2.45) is 0 Å². The Morgan fingerprint density at radius 3 is 2.31 bits per heavy atom. The molecule has 4 aromatic rings. The number of aryl methyl sites for hydroxylation is 2. The zero-order valence-electron chi connectivity index (χ0n) is 19.4. The summed E-state index contributed by atoms with van der Waals surface area (Å²) in [6, 6.07) is 5.16. The molecule has 1 aliphatic heterocycles. The molecule has 0 amide bonds. The van der Waals surface area contributed by atoms with Crippen molar-refractivity contribution < 1.29 is 17.9 Å². The highest BCUT2D eigenvalue weighted by Gasteiger charge is 2.26. The Kier molecular flexibility index (Phi) is 6.33. The van der Waals surface area contributed by atoms with Crippen molar-refractivity contribution in [1.29, 1.82) is 0 Å². The van der Waals surface area contributed by atoms with E-state index in [0.29, 0.717) is 60.8 Å². The molecule has 1 saturated carbocycles. The summed E-state index contributed by atoms with van der Waals surface area (Å²) in [7, 11) is 0. The van der Waals surface area contributed by atoms with Gasteiger partial charge in [0.2, 0.25) is 11.9 Å². The molecule has 0 spiro atoms. The van der Waals surface area contributed by atoms with Crippen LogP contribution in [0.15, 0.2) is 30.5 Å². The largest absolute Gasteiger partial charge is 0.378 e. The summed E-state index contributed by atoms with van der Waals surface area (Å²) in [6.45, 7) is 6.07. The van der Waals surface area contributed by atoms with E-state index in [1.807, 2.05) is 18.7 Å². The van der Waals surface area contributed by atoms with Crippen molar-refractivity contribution >= 4 is 17.1 Å². The molecular weight excluding hydrogens is 459 g/mol. The lowest BCUT2D eigenvalue weighted by Gasteiger charge is -2.27. The number of aromatic nitrogens is 6. The molecule has 3 aromatic heterocycles. The normalized spacial score (nSPS) is 15.7. The molecule has 4 heterocycles. The van der Waals surface area contributed by atoms with Crippen molar-refractivity contribution in [3.63, 3.8) is 0 Å². The quantitative estimate of drug-likeness (QED) is 0.433. The predicted octanol–water partition coefficient (Wildman–Crippen LogP) is 4.18. The van der Waals surface area contributed by atoms with Gasteiger partial charge < -0.3 is 9.64 Å². The number of hydrogen-bond donors (Lipinski definition) is 0. The molecule has 0 radical (unpaired) electrons. The van der Waals surface area contributed by atoms with Gasteiger partial charge in [0.1, 0.15) is 22.8 Å². The summed E-state index contributed by atoms with van der Waals surface area (Å²) in [5, 5.41) is 3.82. The van der Waals surface area contributed by atoms with Gasteiger partial charge in [0.05, 0.1) is 36.8 Å². The third kappa shape index (κ3) is 4.95. The van der Waals surface area contributed by atoms with Crippen LogP contribution in [0.5, 0.6) is 0 Å². The summed E-state index contributed by atoms with van der Waals surface area (Å²) in [4.78, 5) is 20.0.